The van der Waals surface area contributed by atoms with E-state index in [0.29, 0.717) is 17.0 Å². The van der Waals surface area contributed by atoms with Crippen LogP contribution in [0.2, 0.25) is 0 Å². The first-order chi connectivity index (χ1) is 11.5. The van der Waals surface area contributed by atoms with Gasteiger partial charge in [-0.3, -0.25) is 4.79 Å². The zero-order chi connectivity index (χ0) is 17.5. The number of nitrogens with zero attached hydrogens (tertiary/aromatic N) is 1. The lowest BCUT2D eigenvalue weighted by molar-refractivity contribution is -0.120. The highest BCUT2D eigenvalue weighted by Crippen LogP contribution is 2.22. The second kappa shape index (κ2) is 8.14. The van der Waals surface area contributed by atoms with Crippen molar-refractivity contribution in [2.45, 2.75) is 12.5 Å². The lowest BCUT2D eigenvalue weighted by atomic mass is 10.1. The molecule has 0 aliphatic rings. The minimum atomic E-state index is -1.06. The van der Waals surface area contributed by atoms with E-state index in [0.717, 1.165) is 0 Å². The van der Waals surface area contributed by atoms with E-state index in [-0.39, 0.29) is 18.9 Å². The molecule has 1 N–H and O–H groups in total. The van der Waals surface area contributed by atoms with Gasteiger partial charge in [0.15, 0.2) is 0 Å². The summed E-state index contributed by atoms with van der Waals surface area (Å²) in [6.45, 7) is 0.175. The molecule has 4 nitrogen and oxygen atoms in total. The SMILES string of the molecule is C#CCOc1ccc(N(C)C(=O)CC(O)c2cccc(F)c2)cc1. The predicted octanol–water partition coefficient (Wildman–Crippen LogP) is 2.92. The Kier molecular flexibility index (Phi) is 5.94. The Bertz CT molecular complexity index is 737. The molecule has 0 fully saturated rings. The summed E-state index contributed by atoms with van der Waals surface area (Å²) in [5.41, 5.74) is 1.02. The summed E-state index contributed by atoms with van der Waals surface area (Å²) in [6.07, 6.45) is 3.92. The van der Waals surface area contributed by atoms with Gasteiger partial charge in [0, 0.05) is 12.7 Å². The molecule has 1 amide bonds. The van der Waals surface area contributed by atoms with E-state index in [2.05, 4.69) is 5.92 Å². The molecular weight excluding hydrogens is 309 g/mol. The number of halogens is 1. The molecule has 0 aromatic heterocycles. The Labute approximate surface area is 140 Å². The van der Waals surface area contributed by atoms with E-state index < -0.39 is 11.9 Å². The predicted molar refractivity (Wildman–Crippen MR) is 90.2 cm³/mol. The maximum absolute atomic E-state index is 13.2. The quantitative estimate of drug-likeness (QED) is 0.830. The van der Waals surface area contributed by atoms with Gasteiger partial charge in [0.05, 0.1) is 12.5 Å². The van der Waals surface area contributed by atoms with Gasteiger partial charge in [0.1, 0.15) is 18.2 Å². The van der Waals surface area contributed by atoms with E-state index in [1.54, 1.807) is 37.4 Å². The van der Waals surface area contributed by atoms with Crippen molar-refractivity contribution in [3.63, 3.8) is 0 Å². The number of carbonyl (C=O) groups excluding carboxylic acids is 1. The zero-order valence-electron chi connectivity index (χ0n) is 13.3. The van der Waals surface area contributed by atoms with Crippen molar-refractivity contribution in [1.82, 2.24) is 0 Å². The van der Waals surface area contributed by atoms with Crippen molar-refractivity contribution in [1.29, 1.82) is 0 Å². The molecule has 0 aliphatic carbocycles. The third-order valence-electron chi connectivity index (χ3n) is 3.52. The van der Waals surface area contributed by atoms with Crippen LogP contribution in [0, 0.1) is 18.2 Å². The van der Waals surface area contributed by atoms with Crippen LogP contribution in [0.3, 0.4) is 0 Å². The smallest absolute Gasteiger partial charge is 0.229 e. The molecule has 1 unspecified atom stereocenters. The molecule has 0 spiro atoms. The lowest BCUT2D eigenvalue weighted by Crippen LogP contribution is -2.27. The number of ether oxygens (including phenoxy) is 1. The van der Waals surface area contributed by atoms with Crippen LogP contribution in [0.1, 0.15) is 18.1 Å². The van der Waals surface area contributed by atoms with Gasteiger partial charge in [-0.1, -0.05) is 18.1 Å². The van der Waals surface area contributed by atoms with Crippen LogP contribution in [0.5, 0.6) is 5.75 Å². The minimum Gasteiger partial charge on any atom is -0.481 e. The highest BCUT2D eigenvalue weighted by atomic mass is 19.1. The molecule has 0 radical (unpaired) electrons. The van der Waals surface area contributed by atoms with Gasteiger partial charge >= 0.3 is 0 Å². The number of benzene rings is 2. The Morgan fingerprint density at radius 2 is 2.04 bits per heavy atom. The Balaban J connectivity index is 2.00. The van der Waals surface area contributed by atoms with Gasteiger partial charge in [-0.15, -0.1) is 6.42 Å². The second-order valence-electron chi connectivity index (χ2n) is 5.21. The van der Waals surface area contributed by atoms with Gasteiger partial charge in [-0.2, -0.15) is 0 Å². The van der Waals surface area contributed by atoms with E-state index >= 15 is 0 Å². The van der Waals surface area contributed by atoms with Gasteiger partial charge in [0.25, 0.3) is 0 Å². The summed E-state index contributed by atoms with van der Waals surface area (Å²) in [5, 5.41) is 10.1. The first-order valence-corrected chi connectivity index (χ1v) is 7.37. The van der Waals surface area contributed by atoms with Crippen LogP contribution in [-0.4, -0.2) is 24.7 Å². The third kappa shape index (κ3) is 4.58. The number of amides is 1. The third-order valence-corrected chi connectivity index (χ3v) is 3.52. The molecule has 0 aliphatic heterocycles. The number of hydrogen-bond donors (Lipinski definition) is 1. The van der Waals surface area contributed by atoms with E-state index in [4.69, 9.17) is 11.2 Å². The summed E-state index contributed by atoms with van der Waals surface area (Å²) in [5.74, 6) is 2.24. The van der Waals surface area contributed by atoms with Gasteiger partial charge < -0.3 is 14.7 Å². The maximum atomic E-state index is 13.2. The minimum absolute atomic E-state index is 0.144. The number of aliphatic hydroxyl groups excluding tert-OH is 1. The van der Waals surface area contributed by atoms with E-state index in [1.165, 1.54) is 23.1 Å². The number of hydrogen-bond acceptors (Lipinski definition) is 3. The molecule has 2 rings (SSSR count). The normalized spacial score (nSPS) is 11.4. The summed E-state index contributed by atoms with van der Waals surface area (Å²) in [4.78, 5) is 13.7. The first kappa shape index (κ1) is 17.5. The molecule has 124 valence electrons. The van der Waals surface area contributed by atoms with Crippen LogP contribution < -0.4 is 9.64 Å². The highest BCUT2D eigenvalue weighted by molar-refractivity contribution is 5.93. The van der Waals surface area contributed by atoms with Crippen LogP contribution >= 0.6 is 0 Å². The topological polar surface area (TPSA) is 49.8 Å². The summed E-state index contributed by atoms with van der Waals surface area (Å²) >= 11 is 0. The van der Waals surface area contributed by atoms with Crippen LogP contribution in [0.15, 0.2) is 48.5 Å². The molecular formula is C19H18FNO3. The molecule has 1 atom stereocenters. The largest absolute Gasteiger partial charge is 0.481 e. The molecule has 24 heavy (non-hydrogen) atoms. The molecule has 0 heterocycles. The molecule has 0 bridgehead atoms. The monoisotopic (exact) mass is 327 g/mol. The Morgan fingerprint density at radius 3 is 2.67 bits per heavy atom. The number of anilines is 1. The average molecular weight is 327 g/mol. The van der Waals surface area contributed by atoms with Gasteiger partial charge in [-0.05, 0) is 42.0 Å². The maximum Gasteiger partial charge on any atom is 0.229 e. The summed E-state index contributed by atoms with van der Waals surface area (Å²) < 4.78 is 18.5. The lowest BCUT2D eigenvalue weighted by Gasteiger charge is -2.20. The molecule has 5 heteroatoms. The molecule has 2 aromatic rings. The fourth-order valence-corrected chi connectivity index (χ4v) is 2.17. The number of terminal acetylenes is 1. The van der Waals surface area contributed by atoms with Crippen molar-refractivity contribution >= 4 is 11.6 Å². The van der Waals surface area contributed by atoms with Crippen molar-refractivity contribution < 1.29 is 19.0 Å². The van der Waals surface area contributed by atoms with Crippen LogP contribution in [0.25, 0.3) is 0 Å². The van der Waals surface area contributed by atoms with Crippen LogP contribution in [-0.2, 0) is 4.79 Å². The average Bonchev–Trinajstić information content (AvgIpc) is 2.59. The van der Waals surface area contributed by atoms with Crippen molar-refractivity contribution in [2.75, 3.05) is 18.6 Å². The number of rotatable bonds is 6. The Morgan fingerprint density at radius 1 is 1.33 bits per heavy atom. The number of carbonyl (C=O) groups is 1. The summed E-state index contributed by atoms with van der Waals surface area (Å²) in [6, 6.07) is 12.4. The first-order valence-electron chi connectivity index (χ1n) is 7.37. The fraction of sp³-hybridized carbons (Fsp3) is 0.211. The molecule has 0 saturated heterocycles. The van der Waals surface area contributed by atoms with Crippen molar-refractivity contribution in [3.8, 4) is 18.1 Å². The Hall–Kier alpha value is -2.84. The second-order valence-corrected chi connectivity index (χ2v) is 5.21. The molecule has 0 saturated carbocycles. The molecule has 2 aromatic carbocycles. The van der Waals surface area contributed by atoms with Gasteiger partial charge in [-0.25, -0.2) is 4.39 Å². The fourth-order valence-electron chi connectivity index (χ4n) is 2.17. The zero-order valence-corrected chi connectivity index (χ0v) is 13.3. The highest BCUT2D eigenvalue weighted by Gasteiger charge is 2.18. The number of aliphatic hydroxyl groups is 1. The van der Waals surface area contributed by atoms with Crippen LogP contribution in [0.4, 0.5) is 10.1 Å². The standard InChI is InChI=1S/C19H18FNO3/c1-3-11-24-17-9-7-16(8-10-17)21(2)19(23)13-18(22)14-5-4-6-15(20)12-14/h1,4-10,12,18,22H,11,13H2,2H3. The summed E-state index contributed by atoms with van der Waals surface area (Å²) in [7, 11) is 1.61. The van der Waals surface area contributed by atoms with Crippen molar-refractivity contribution in [2.24, 2.45) is 0 Å². The van der Waals surface area contributed by atoms with E-state index in [9.17, 15) is 14.3 Å². The van der Waals surface area contributed by atoms with Crippen molar-refractivity contribution in [3.05, 3.63) is 59.9 Å². The van der Waals surface area contributed by atoms with E-state index in [1.807, 2.05) is 0 Å². The van der Waals surface area contributed by atoms with Gasteiger partial charge in [0.2, 0.25) is 5.91 Å².